The van der Waals surface area contributed by atoms with Crippen molar-refractivity contribution in [3.63, 3.8) is 0 Å². The Balaban J connectivity index is 2.47. The first-order chi connectivity index (χ1) is 9.95. The second-order valence-electron chi connectivity index (χ2n) is 4.07. The van der Waals surface area contributed by atoms with E-state index in [0.717, 1.165) is 11.3 Å². The fraction of sp³-hybridized carbons (Fsp3) is 0.417. The zero-order valence-electron chi connectivity index (χ0n) is 11.6. The highest BCUT2D eigenvalue weighted by atomic mass is 32.1. The van der Waals surface area contributed by atoms with E-state index in [4.69, 9.17) is 9.84 Å². The van der Waals surface area contributed by atoms with Gasteiger partial charge in [0.15, 0.2) is 0 Å². The lowest BCUT2D eigenvalue weighted by atomic mass is 10.3. The molecule has 1 aromatic rings. The molecule has 1 unspecified atom stereocenters. The summed E-state index contributed by atoms with van der Waals surface area (Å²) in [7, 11) is 1.52. The summed E-state index contributed by atoms with van der Waals surface area (Å²) in [5.41, 5.74) is 0.00680. The molecular weight excluding hydrogens is 298 g/mol. The molecule has 0 spiro atoms. The Bertz CT molecular complexity index is 517. The maximum absolute atomic E-state index is 11.7. The quantitative estimate of drug-likeness (QED) is 0.553. The number of thiophene rings is 1. The minimum atomic E-state index is -1.13. The zero-order chi connectivity index (χ0) is 15.8. The van der Waals surface area contributed by atoms with Crippen LogP contribution in [0.3, 0.4) is 0 Å². The van der Waals surface area contributed by atoms with Gasteiger partial charge in [-0.2, -0.15) is 0 Å². The molecule has 9 heteroatoms. The van der Waals surface area contributed by atoms with E-state index in [-0.39, 0.29) is 16.5 Å². The van der Waals surface area contributed by atoms with Crippen LogP contribution in [-0.2, 0) is 9.53 Å². The van der Waals surface area contributed by atoms with E-state index in [1.54, 1.807) is 5.38 Å². The molecule has 0 aromatic carbocycles. The summed E-state index contributed by atoms with van der Waals surface area (Å²) in [5.74, 6) is -1.48. The summed E-state index contributed by atoms with van der Waals surface area (Å²) in [6, 6.07) is -0.00631. The van der Waals surface area contributed by atoms with E-state index in [1.165, 1.54) is 20.1 Å². The van der Waals surface area contributed by atoms with Gasteiger partial charge in [-0.3, -0.25) is 10.1 Å². The summed E-state index contributed by atoms with van der Waals surface area (Å²) >= 11 is 1.09. The molecule has 0 saturated heterocycles. The monoisotopic (exact) mass is 315 g/mol. The minimum absolute atomic E-state index is 0.00680. The molecule has 3 amide bonds. The molecular formula is C12H17N3O5S. The predicted octanol–water partition coefficient (Wildman–Crippen LogP) is 0.719. The van der Waals surface area contributed by atoms with E-state index < -0.39 is 18.0 Å². The van der Waals surface area contributed by atoms with Gasteiger partial charge in [-0.05, 0) is 18.4 Å². The number of nitrogens with one attached hydrogen (secondary N) is 3. The van der Waals surface area contributed by atoms with E-state index in [2.05, 4.69) is 16.0 Å². The minimum Gasteiger partial charge on any atom is -0.478 e. The van der Waals surface area contributed by atoms with Crippen LogP contribution in [0.1, 0.15) is 17.3 Å². The number of carboxylic acids is 1. The number of aromatic carboxylic acids is 1. The zero-order valence-corrected chi connectivity index (χ0v) is 12.5. The van der Waals surface area contributed by atoms with E-state index in [9.17, 15) is 14.4 Å². The number of hydrogen-bond acceptors (Lipinski definition) is 5. The van der Waals surface area contributed by atoms with Crippen LogP contribution in [0, 0.1) is 0 Å². The first-order valence-corrected chi connectivity index (χ1v) is 6.98. The summed E-state index contributed by atoms with van der Waals surface area (Å²) in [6.07, 6.45) is 0. The Morgan fingerprint density at radius 1 is 1.43 bits per heavy atom. The smallest absolute Gasteiger partial charge is 0.338 e. The number of carbonyl (C=O) groups is 3. The predicted molar refractivity (Wildman–Crippen MR) is 77.8 cm³/mol. The Hall–Kier alpha value is -2.13. The van der Waals surface area contributed by atoms with Crippen LogP contribution in [0.15, 0.2) is 11.4 Å². The van der Waals surface area contributed by atoms with Gasteiger partial charge in [0.2, 0.25) is 5.91 Å². The average Bonchev–Trinajstić information content (AvgIpc) is 2.86. The van der Waals surface area contributed by atoms with Gasteiger partial charge in [0.1, 0.15) is 11.0 Å². The van der Waals surface area contributed by atoms with Gasteiger partial charge in [0.05, 0.1) is 12.2 Å². The van der Waals surface area contributed by atoms with Gasteiger partial charge in [-0.25, -0.2) is 9.59 Å². The van der Waals surface area contributed by atoms with Crippen LogP contribution in [0.25, 0.3) is 0 Å². The summed E-state index contributed by atoms with van der Waals surface area (Å²) in [5, 5.41) is 18.1. The number of urea groups is 1. The molecule has 1 aromatic heterocycles. The van der Waals surface area contributed by atoms with Crippen molar-refractivity contribution in [2.24, 2.45) is 0 Å². The van der Waals surface area contributed by atoms with Crippen LogP contribution in [0.2, 0.25) is 0 Å². The number of hydrogen-bond donors (Lipinski definition) is 4. The first kappa shape index (κ1) is 16.9. The number of carbonyl (C=O) groups excluding carboxylic acids is 2. The molecule has 0 bridgehead atoms. The number of anilines is 1. The Morgan fingerprint density at radius 2 is 2.14 bits per heavy atom. The van der Waals surface area contributed by atoms with Crippen LogP contribution in [0.4, 0.5) is 9.80 Å². The molecule has 8 nitrogen and oxygen atoms in total. The molecule has 0 radical (unpaired) electrons. The first-order valence-electron chi connectivity index (χ1n) is 6.10. The highest BCUT2D eigenvalue weighted by Gasteiger charge is 2.18. The lowest BCUT2D eigenvalue weighted by Gasteiger charge is -2.14. The molecule has 0 aliphatic rings. The van der Waals surface area contributed by atoms with Crippen molar-refractivity contribution < 1.29 is 24.2 Å². The third-order valence-electron chi connectivity index (χ3n) is 2.47. The molecule has 4 N–H and O–H groups in total. The highest BCUT2D eigenvalue weighted by Crippen LogP contribution is 2.22. The average molecular weight is 315 g/mol. The van der Waals surface area contributed by atoms with E-state index in [1.807, 2.05) is 0 Å². The van der Waals surface area contributed by atoms with Crippen molar-refractivity contribution in [3.05, 3.63) is 17.0 Å². The van der Waals surface area contributed by atoms with Crippen molar-refractivity contribution >= 4 is 34.2 Å². The topological polar surface area (TPSA) is 117 Å². The van der Waals surface area contributed by atoms with Crippen molar-refractivity contribution in [1.29, 1.82) is 0 Å². The van der Waals surface area contributed by atoms with Crippen LogP contribution >= 0.6 is 11.3 Å². The van der Waals surface area contributed by atoms with Crippen LogP contribution in [0.5, 0.6) is 0 Å². The largest absolute Gasteiger partial charge is 0.478 e. The van der Waals surface area contributed by atoms with Crippen molar-refractivity contribution in [2.75, 3.05) is 25.6 Å². The molecule has 116 valence electrons. The lowest BCUT2D eigenvalue weighted by molar-refractivity contribution is -0.122. The molecule has 1 heterocycles. The maximum atomic E-state index is 11.7. The second-order valence-corrected chi connectivity index (χ2v) is 4.99. The standard InChI is InChI=1S/C12H17N3O5S/c1-7(9(16)13-4-5-20-2)14-12(19)15-10-8(11(17)18)3-6-21-10/h3,6-7H,4-5H2,1-2H3,(H,13,16)(H,17,18)(H2,14,15,19). The summed E-state index contributed by atoms with van der Waals surface area (Å²) in [6.45, 7) is 2.24. The van der Waals surface area contributed by atoms with Crippen molar-refractivity contribution in [2.45, 2.75) is 13.0 Å². The number of carboxylic acid groups (broad SMARTS) is 1. The Kier molecular flexibility index (Phi) is 6.63. The Morgan fingerprint density at radius 3 is 2.76 bits per heavy atom. The SMILES string of the molecule is COCCNC(=O)C(C)NC(=O)Nc1sccc1C(=O)O. The van der Waals surface area contributed by atoms with Crippen molar-refractivity contribution in [3.8, 4) is 0 Å². The molecule has 0 fully saturated rings. The molecule has 0 saturated carbocycles. The molecule has 21 heavy (non-hydrogen) atoms. The number of methoxy groups -OCH3 is 1. The fourth-order valence-corrected chi connectivity index (χ4v) is 2.18. The van der Waals surface area contributed by atoms with Gasteiger partial charge in [0.25, 0.3) is 0 Å². The van der Waals surface area contributed by atoms with Crippen LogP contribution < -0.4 is 16.0 Å². The lowest BCUT2D eigenvalue weighted by Crippen LogP contribution is -2.46. The van der Waals surface area contributed by atoms with E-state index in [0.29, 0.717) is 13.2 Å². The van der Waals surface area contributed by atoms with E-state index >= 15 is 0 Å². The summed E-state index contributed by atoms with van der Waals surface area (Å²) in [4.78, 5) is 34.2. The van der Waals surface area contributed by atoms with Gasteiger partial charge >= 0.3 is 12.0 Å². The third-order valence-corrected chi connectivity index (χ3v) is 3.30. The van der Waals surface area contributed by atoms with Gasteiger partial charge in [-0.1, -0.05) is 0 Å². The number of ether oxygens (including phenoxy) is 1. The maximum Gasteiger partial charge on any atom is 0.338 e. The normalized spacial score (nSPS) is 11.5. The molecule has 0 aliphatic carbocycles. The fourth-order valence-electron chi connectivity index (χ4n) is 1.41. The third kappa shape index (κ3) is 5.40. The second kappa shape index (κ2) is 8.22. The Labute approximate surface area is 125 Å². The van der Waals surface area contributed by atoms with Gasteiger partial charge < -0.3 is 20.5 Å². The van der Waals surface area contributed by atoms with Gasteiger partial charge in [-0.15, -0.1) is 11.3 Å². The number of amides is 3. The van der Waals surface area contributed by atoms with Crippen molar-refractivity contribution in [1.82, 2.24) is 10.6 Å². The van der Waals surface area contributed by atoms with Crippen LogP contribution in [-0.4, -0.2) is 49.3 Å². The molecule has 1 atom stereocenters. The molecule has 1 rings (SSSR count). The number of rotatable bonds is 7. The summed E-state index contributed by atoms with van der Waals surface area (Å²) < 4.78 is 4.79. The molecule has 0 aliphatic heterocycles. The highest BCUT2D eigenvalue weighted by molar-refractivity contribution is 7.14. The van der Waals surface area contributed by atoms with Gasteiger partial charge in [0, 0.05) is 13.7 Å².